The summed E-state index contributed by atoms with van der Waals surface area (Å²) >= 11 is 0. The average molecular weight is 626 g/mol. The molecule has 3 heterocycles. The van der Waals surface area contributed by atoms with E-state index < -0.39 is 41.7 Å². The molecule has 0 aliphatic carbocycles. The summed E-state index contributed by atoms with van der Waals surface area (Å²) in [5.74, 6) is -0.545. The quantitative estimate of drug-likeness (QED) is 0.477. The predicted molar refractivity (Wildman–Crippen MR) is 149 cm³/mol. The van der Waals surface area contributed by atoms with E-state index in [9.17, 15) is 36.3 Å². The van der Waals surface area contributed by atoms with E-state index in [0.29, 0.717) is 49.6 Å². The monoisotopic (exact) mass is 625 g/mol. The van der Waals surface area contributed by atoms with Gasteiger partial charge in [-0.15, -0.1) is 0 Å². The van der Waals surface area contributed by atoms with E-state index in [1.54, 1.807) is 23.1 Å². The molecule has 3 aliphatic rings. The van der Waals surface area contributed by atoms with E-state index in [1.165, 1.54) is 6.92 Å². The van der Waals surface area contributed by atoms with E-state index in [1.807, 2.05) is 24.0 Å². The summed E-state index contributed by atoms with van der Waals surface area (Å²) in [6.07, 6.45) is -9.43. The van der Waals surface area contributed by atoms with Gasteiger partial charge in [-0.1, -0.05) is 24.3 Å². The third-order valence-electron chi connectivity index (χ3n) is 8.23. The Kier molecular flexibility index (Phi) is 8.96. The minimum Gasteiger partial charge on any atom is -0.458 e. The van der Waals surface area contributed by atoms with Crippen molar-refractivity contribution in [3.8, 4) is 0 Å². The number of carbonyl (C=O) groups is 1. The van der Waals surface area contributed by atoms with E-state index in [4.69, 9.17) is 4.74 Å². The minimum atomic E-state index is -5.01. The van der Waals surface area contributed by atoms with Crippen molar-refractivity contribution in [1.82, 2.24) is 20.2 Å². The molecule has 3 unspecified atom stereocenters. The topological polar surface area (TPSA) is 80.6 Å². The van der Waals surface area contributed by atoms with Crippen molar-refractivity contribution in [3.63, 3.8) is 0 Å². The Balaban J connectivity index is 1.60. The molecule has 44 heavy (non-hydrogen) atoms. The van der Waals surface area contributed by atoms with Crippen LogP contribution in [0.1, 0.15) is 34.7 Å². The highest BCUT2D eigenvalue weighted by atomic mass is 19.4. The van der Waals surface area contributed by atoms with Crippen molar-refractivity contribution in [2.24, 2.45) is 10.9 Å². The summed E-state index contributed by atoms with van der Waals surface area (Å²) in [5, 5.41) is 15.9. The summed E-state index contributed by atoms with van der Waals surface area (Å²) in [5.41, 5.74) is -1.41. The number of hydrogen-bond donors (Lipinski definition) is 2. The van der Waals surface area contributed by atoms with Crippen molar-refractivity contribution in [3.05, 3.63) is 76.4 Å². The number of rotatable bonds is 4. The smallest absolute Gasteiger partial charge is 0.416 e. The molecule has 5 rings (SSSR count). The molecule has 2 N–H and O–H groups in total. The fourth-order valence-corrected chi connectivity index (χ4v) is 5.85. The fourth-order valence-electron chi connectivity index (χ4n) is 5.85. The molecule has 1 fully saturated rings. The van der Waals surface area contributed by atoms with E-state index in [2.05, 4.69) is 10.3 Å². The number of amides is 1. The molecule has 14 heteroatoms. The largest absolute Gasteiger partial charge is 0.458 e. The first-order valence-corrected chi connectivity index (χ1v) is 14.2. The molecule has 8 nitrogen and oxygen atoms in total. The molecule has 1 saturated heterocycles. The number of ether oxygens (including phenoxy) is 1. The summed E-state index contributed by atoms with van der Waals surface area (Å²) < 4.78 is 88.6. The number of halogens is 6. The first kappa shape index (κ1) is 31.8. The lowest BCUT2D eigenvalue weighted by atomic mass is 9.89. The Morgan fingerprint density at radius 2 is 1.66 bits per heavy atom. The van der Waals surface area contributed by atoms with Crippen LogP contribution < -0.4 is 5.32 Å². The maximum Gasteiger partial charge on any atom is 0.416 e. The van der Waals surface area contributed by atoms with Gasteiger partial charge < -0.3 is 9.64 Å². The standard InChI is InChI=1S/C30H33F6N5O3/c1-18-5-3-4-6-23(18)26-15-27(40-9-7-39(8-10-40)19(2)42)44-28-24(16-37-17-38-28)25(41(26)43)13-20-11-21(29(31,32)33)14-22(12-20)30(34,35)36/h3-6,11-12,14-15,24-25,27,37,43H,7-10,13,16-17H2,1-2H3. The molecule has 0 radical (unpaired) electrons. The van der Waals surface area contributed by atoms with Crippen LogP contribution in [0.5, 0.6) is 0 Å². The van der Waals surface area contributed by atoms with Gasteiger partial charge in [0.25, 0.3) is 0 Å². The molecule has 0 bridgehead atoms. The normalized spacial score (nSPS) is 23.6. The van der Waals surface area contributed by atoms with Gasteiger partial charge in [0.1, 0.15) is 0 Å². The first-order chi connectivity index (χ1) is 20.7. The van der Waals surface area contributed by atoms with Crippen LogP contribution in [-0.2, 0) is 28.3 Å². The van der Waals surface area contributed by atoms with Gasteiger partial charge in [0.05, 0.1) is 35.5 Å². The summed E-state index contributed by atoms with van der Waals surface area (Å²) in [4.78, 5) is 20.1. The predicted octanol–water partition coefficient (Wildman–Crippen LogP) is 4.77. The number of fused-ring (bicyclic) bond motifs is 1. The number of piperazine rings is 1. The number of alkyl halides is 6. The van der Waals surface area contributed by atoms with Crippen LogP contribution in [0, 0.1) is 12.8 Å². The van der Waals surface area contributed by atoms with Crippen LogP contribution in [0.25, 0.3) is 5.70 Å². The van der Waals surface area contributed by atoms with Crippen LogP contribution in [0.2, 0.25) is 0 Å². The Morgan fingerprint density at radius 3 is 2.25 bits per heavy atom. The number of carbonyl (C=O) groups excluding carboxylic acids is 1. The SMILES string of the molecule is CC(=O)N1CCN(C2C=C(c3ccccc3C)N(O)C(Cc3cc(C(F)(F)F)cc(C(F)(F)F)c3)C3CNCN=C3O2)CC1. The number of nitrogens with one attached hydrogen (secondary N) is 1. The van der Waals surface area contributed by atoms with Gasteiger partial charge in [0.15, 0.2) is 12.1 Å². The second-order valence-electron chi connectivity index (χ2n) is 11.2. The Labute approximate surface area is 250 Å². The van der Waals surface area contributed by atoms with Gasteiger partial charge in [0.2, 0.25) is 5.91 Å². The molecular weight excluding hydrogens is 592 g/mol. The van der Waals surface area contributed by atoms with Crippen molar-refractivity contribution < 1.29 is 41.1 Å². The van der Waals surface area contributed by atoms with Gasteiger partial charge in [-0.05, 0) is 48.7 Å². The van der Waals surface area contributed by atoms with Crippen molar-refractivity contribution in [2.45, 2.75) is 44.9 Å². The van der Waals surface area contributed by atoms with Gasteiger partial charge >= 0.3 is 12.4 Å². The molecule has 2 aromatic rings. The van der Waals surface area contributed by atoms with Gasteiger partial charge in [0, 0.05) is 45.2 Å². The lowest BCUT2D eigenvalue weighted by Gasteiger charge is -2.44. The van der Waals surface area contributed by atoms with Crippen molar-refractivity contribution in [2.75, 3.05) is 39.4 Å². The molecule has 0 aromatic heterocycles. The zero-order chi connectivity index (χ0) is 31.8. The van der Waals surface area contributed by atoms with Gasteiger partial charge in [-0.2, -0.15) is 26.3 Å². The first-order valence-electron chi connectivity index (χ1n) is 14.2. The Morgan fingerprint density at radius 1 is 1.02 bits per heavy atom. The Bertz CT molecular complexity index is 1400. The minimum absolute atomic E-state index is 0.0465. The lowest BCUT2D eigenvalue weighted by Crippen LogP contribution is -2.56. The van der Waals surface area contributed by atoms with Crippen LogP contribution >= 0.6 is 0 Å². The summed E-state index contributed by atoms with van der Waals surface area (Å²) in [6, 6.07) is 7.59. The number of nitrogens with zero attached hydrogens (tertiary/aromatic N) is 4. The second-order valence-corrected chi connectivity index (χ2v) is 11.2. The lowest BCUT2D eigenvalue weighted by molar-refractivity contribution is -0.143. The van der Waals surface area contributed by atoms with Crippen LogP contribution in [0.4, 0.5) is 26.3 Å². The highest BCUT2D eigenvalue weighted by molar-refractivity contribution is 5.82. The highest BCUT2D eigenvalue weighted by Crippen LogP contribution is 2.38. The van der Waals surface area contributed by atoms with Gasteiger partial charge in [-0.3, -0.25) is 25.3 Å². The molecule has 0 saturated carbocycles. The molecule has 3 atom stereocenters. The highest BCUT2D eigenvalue weighted by Gasteiger charge is 2.42. The second kappa shape index (κ2) is 12.4. The third kappa shape index (κ3) is 6.87. The number of hydroxylamine groups is 2. The zero-order valence-electron chi connectivity index (χ0n) is 24.1. The van der Waals surface area contributed by atoms with E-state index >= 15 is 0 Å². The number of hydrogen-bond acceptors (Lipinski definition) is 7. The molecule has 3 aliphatic heterocycles. The van der Waals surface area contributed by atoms with Crippen molar-refractivity contribution >= 4 is 17.5 Å². The summed E-state index contributed by atoms with van der Waals surface area (Å²) in [7, 11) is 0. The maximum absolute atomic E-state index is 13.7. The van der Waals surface area contributed by atoms with Crippen LogP contribution in [0.15, 0.2) is 53.5 Å². The number of benzene rings is 2. The summed E-state index contributed by atoms with van der Waals surface area (Å²) in [6.45, 7) is 5.58. The number of aliphatic imine (C=N–C) groups is 1. The van der Waals surface area contributed by atoms with E-state index in [-0.39, 0.29) is 43.1 Å². The fraction of sp³-hybridized carbons (Fsp3) is 0.467. The molecular formula is C30H33F6N5O3. The zero-order valence-corrected chi connectivity index (χ0v) is 24.1. The van der Waals surface area contributed by atoms with E-state index in [0.717, 1.165) is 10.6 Å². The molecule has 238 valence electrons. The third-order valence-corrected chi connectivity index (χ3v) is 8.23. The number of aryl methyl sites for hydroxylation is 1. The Hall–Kier alpha value is -3.62. The molecule has 2 aromatic carbocycles. The van der Waals surface area contributed by atoms with Crippen LogP contribution in [-0.4, -0.2) is 83.5 Å². The maximum atomic E-state index is 13.7. The molecule has 1 amide bonds. The average Bonchev–Trinajstić information content (AvgIpc) is 2.97. The van der Waals surface area contributed by atoms with Gasteiger partial charge in [-0.25, -0.2) is 4.99 Å². The molecule has 0 spiro atoms. The van der Waals surface area contributed by atoms with Crippen molar-refractivity contribution in [1.29, 1.82) is 0 Å². The van der Waals surface area contributed by atoms with Crippen LogP contribution in [0.3, 0.4) is 0 Å².